The number of hydrogen-bond donors (Lipinski definition) is 2. The average Bonchev–Trinajstić information content (AvgIpc) is 2.01. The van der Waals surface area contributed by atoms with Crippen LogP contribution in [0.2, 0.25) is 5.15 Å². The zero-order valence-electron chi connectivity index (χ0n) is 7.90. The summed E-state index contributed by atoms with van der Waals surface area (Å²) in [6.45, 7) is 0. The topological polar surface area (TPSA) is 93.4 Å². The maximum absolute atomic E-state index is 5.77. The smallest absolute Gasteiger partial charge is 0.223 e. The van der Waals surface area contributed by atoms with E-state index in [1.807, 2.05) is 14.1 Å². The molecule has 0 saturated carbocycles. The lowest BCUT2D eigenvalue weighted by molar-refractivity contribution is 0.643. The van der Waals surface area contributed by atoms with Crippen molar-refractivity contribution in [2.45, 2.75) is 0 Å². The van der Waals surface area contributed by atoms with E-state index in [0.29, 0.717) is 5.69 Å². The van der Waals surface area contributed by atoms with E-state index in [2.05, 4.69) is 15.0 Å². The van der Waals surface area contributed by atoms with Gasteiger partial charge in [0, 0.05) is 14.1 Å². The molecular weight excluding hydrogens is 204 g/mol. The molecule has 0 fully saturated rings. The van der Waals surface area contributed by atoms with Crippen molar-refractivity contribution >= 4 is 35.4 Å². The Kier molecular flexibility index (Phi) is 3.08. The Morgan fingerprint density at radius 2 is 2.00 bits per heavy atom. The van der Waals surface area contributed by atoms with Crippen LogP contribution in [-0.4, -0.2) is 35.3 Å². The lowest BCUT2D eigenvalue weighted by Crippen LogP contribution is -2.07. The van der Waals surface area contributed by atoms with Crippen LogP contribution in [-0.2, 0) is 0 Å². The van der Waals surface area contributed by atoms with Crippen LogP contribution in [0.5, 0.6) is 0 Å². The van der Waals surface area contributed by atoms with Crippen molar-refractivity contribution in [1.29, 1.82) is 0 Å². The molecule has 14 heavy (non-hydrogen) atoms. The van der Waals surface area contributed by atoms with Gasteiger partial charge < -0.3 is 16.4 Å². The van der Waals surface area contributed by atoms with Crippen LogP contribution in [0.3, 0.4) is 0 Å². The van der Waals surface area contributed by atoms with Crippen molar-refractivity contribution in [2.24, 2.45) is 4.99 Å². The second-order valence-corrected chi connectivity index (χ2v) is 3.17. The number of nitrogens with zero attached hydrogens (tertiary/aromatic N) is 4. The standard InChI is InChI=1S/C7H11ClN6/c1-14(2)3-11-4-5(8)12-7(10)13-6(4)9/h3H,1-2H3,(H4,9,10,12,13). The number of nitrogens with two attached hydrogens (primary N) is 2. The summed E-state index contributed by atoms with van der Waals surface area (Å²) < 4.78 is 0. The summed E-state index contributed by atoms with van der Waals surface area (Å²) in [6.07, 6.45) is 1.55. The van der Waals surface area contributed by atoms with Crippen LogP contribution in [0.4, 0.5) is 17.5 Å². The SMILES string of the molecule is CN(C)C=Nc1c(N)nc(N)nc1Cl. The van der Waals surface area contributed by atoms with Gasteiger partial charge in [0.1, 0.15) is 5.69 Å². The van der Waals surface area contributed by atoms with Crippen LogP contribution in [0, 0.1) is 0 Å². The molecule has 0 saturated heterocycles. The highest BCUT2D eigenvalue weighted by Crippen LogP contribution is 2.28. The minimum absolute atomic E-state index is 0.0382. The molecular formula is C7H11ClN6. The Bertz CT molecular complexity index is 338. The van der Waals surface area contributed by atoms with E-state index >= 15 is 0 Å². The van der Waals surface area contributed by atoms with Crippen LogP contribution in [0.25, 0.3) is 0 Å². The number of rotatable bonds is 2. The summed E-state index contributed by atoms with van der Waals surface area (Å²) in [5, 5.41) is 0.146. The molecule has 0 aliphatic heterocycles. The highest BCUT2D eigenvalue weighted by molar-refractivity contribution is 6.32. The molecule has 1 aromatic rings. The molecule has 0 atom stereocenters. The molecule has 6 nitrogen and oxygen atoms in total. The number of halogens is 1. The zero-order chi connectivity index (χ0) is 10.7. The van der Waals surface area contributed by atoms with E-state index in [1.54, 1.807) is 11.2 Å². The summed E-state index contributed by atoms with van der Waals surface area (Å²) in [4.78, 5) is 13.2. The van der Waals surface area contributed by atoms with Crippen molar-refractivity contribution < 1.29 is 0 Å². The molecule has 0 amide bonds. The fourth-order valence-corrected chi connectivity index (χ4v) is 0.985. The minimum Gasteiger partial charge on any atom is -0.382 e. The third-order valence-electron chi connectivity index (χ3n) is 1.30. The lowest BCUT2D eigenvalue weighted by atomic mass is 10.5. The van der Waals surface area contributed by atoms with E-state index < -0.39 is 0 Å². The van der Waals surface area contributed by atoms with Crippen LogP contribution in [0.1, 0.15) is 0 Å². The summed E-state index contributed by atoms with van der Waals surface area (Å²) in [7, 11) is 3.65. The van der Waals surface area contributed by atoms with E-state index in [0.717, 1.165) is 0 Å². The third kappa shape index (κ3) is 2.46. The van der Waals surface area contributed by atoms with E-state index in [1.165, 1.54) is 0 Å². The molecule has 1 rings (SSSR count). The van der Waals surface area contributed by atoms with Crippen LogP contribution in [0.15, 0.2) is 4.99 Å². The summed E-state index contributed by atoms with van der Waals surface area (Å²) >= 11 is 5.77. The highest BCUT2D eigenvalue weighted by atomic mass is 35.5. The molecule has 0 spiro atoms. The Morgan fingerprint density at radius 1 is 1.36 bits per heavy atom. The molecule has 4 N–H and O–H groups in total. The third-order valence-corrected chi connectivity index (χ3v) is 1.57. The summed E-state index contributed by atoms with van der Waals surface area (Å²) in [5.41, 5.74) is 11.2. The van der Waals surface area contributed by atoms with Gasteiger partial charge in [0.05, 0.1) is 6.34 Å². The molecule has 0 aliphatic rings. The first-order valence-corrected chi connectivity index (χ1v) is 4.17. The normalized spacial score (nSPS) is 10.8. The van der Waals surface area contributed by atoms with Gasteiger partial charge in [-0.2, -0.15) is 9.97 Å². The number of hydrogen-bond acceptors (Lipinski definition) is 5. The second-order valence-electron chi connectivity index (χ2n) is 2.81. The van der Waals surface area contributed by atoms with E-state index in [-0.39, 0.29) is 16.9 Å². The minimum atomic E-state index is 0.0382. The van der Waals surface area contributed by atoms with Crippen LogP contribution >= 0.6 is 11.6 Å². The molecule has 0 radical (unpaired) electrons. The molecule has 76 valence electrons. The Balaban J connectivity index is 3.09. The quantitative estimate of drug-likeness (QED) is 0.425. The van der Waals surface area contributed by atoms with Gasteiger partial charge in [-0.15, -0.1) is 0 Å². The van der Waals surface area contributed by atoms with Gasteiger partial charge in [0.25, 0.3) is 0 Å². The van der Waals surface area contributed by atoms with Crippen molar-refractivity contribution in [3.05, 3.63) is 5.15 Å². The van der Waals surface area contributed by atoms with Gasteiger partial charge in [0.2, 0.25) is 5.95 Å². The molecule has 0 unspecified atom stereocenters. The molecule has 7 heteroatoms. The maximum Gasteiger partial charge on any atom is 0.223 e. The van der Waals surface area contributed by atoms with E-state index in [9.17, 15) is 0 Å². The first kappa shape index (κ1) is 10.5. The van der Waals surface area contributed by atoms with Gasteiger partial charge in [0.15, 0.2) is 11.0 Å². The lowest BCUT2D eigenvalue weighted by Gasteiger charge is -2.05. The summed E-state index contributed by atoms with van der Waals surface area (Å²) in [5.74, 6) is 0.205. The van der Waals surface area contributed by atoms with Crippen molar-refractivity contribution in [1.82, 2.24) is 14.9 Å². The van der Waals surface area contributed by atoms with Gasteiger partial charge in [-0.1, -0.05) is 11.6 Å². The molecule has 1 heterocycles. The molecule has 1 aromatic heterocycles. The number of nitrogen functional groups attached to an aromatic ring is 2. The van der Waals surface area contributed by atoms with E-state index in [4.69, 9.17) is 23.1 Å². The first-order valence-electron chi connectivity index (χ1n) is 3.80. The Hall–Kier alpha value is -1.56. The van der Waals surface area contributed by atoms with Crippen LogP contribution < -0.4 is 11.5 Å². The summed E-state index contributed by atoms with van der Waals surface area (Å²) in [6, 6.07) is 0. The number of aromatic nitrogens is 2. The average molecular weight is 215 g/mol. The zero-order valence-corrected chi connectivity index (χ0v) is 8.65. The maximum atomic E-state index is 5.77. The monoisotopic (exact) mass is 214 g/mol. The predicted molar refractivity (Wildman–Crippen MR) is 57.7 cm³/mol. The van der Waals surface area contributed by atoms with Crippen molar-refractivity contribution in [3.8, 4) is 0 Å². The Labute approximate surface area is 86.6 Å². The first-order chi connectivity index (χ1) is 6.50. The molecule has 0 aromatic carbocycles. The largest absolute Gasteiger partial charge is 0.382 e. The molecule has 0 aliphatic carbocycles. The predicted octanol–water partition coefficient (Wildman–Crippen LogP) is 0.516. The molecule has 0 bridgehead atoms. The number of anilines is 2. The fourth-order valence-electron chi connectivity index (χ4n) is 0.753. The Morgan fingerprint density at radius 3 is 2.50 bits per heavy atom. The number of aliphatic imine (C=N–C) groups is 1. The highest BCUT2D eigenvalue weighted by Gasteiger charge is 2.07. The second kappa shape index (κ2) is 4.10. The van der Waals surface area contributed by atoms with Gasteiger partial charge in [-0.25, -0.2) is 4.99 Å². The van der Waals surface area contributed by atoms with Crippen molar-refractivity contribution in [2.75, 3.05) is 25.6 Å². The van der Waals surface area contributed by atoms with Gasteiger partial charge in [-0.3, -0.25) is 0 Å². The van der Waals surface area contributed by atoms with Crippen molar-refractivity contribution in [3.63, 3.8) is 0 Å². The fraction of sp³-hybridized carbons (Fsp3) is 0.286. The van der Waals surface area contributed by atoms with Gasteiger partial charge >= 0.3 is 0 Å². The van der Waals surface area contributed by atoms with Gasteiger partial charge in [-0.05, 0) is 0 Å².